The summed E-state index contributed by atoms with van der Waals surface area (Å²) in [5.74, 6) is 2.53. The molecule has 2 rings (SSSR count). The predicted octanol–water partition coefficient (Wildman–Crippen LogP) is 7.66. The van der Waals surface area contributed by atoms with Gasteiger partial charge in [0, 0.05) is 12.1 Å². The van der Waals surface area contributed by atoms with Crippen LogP contribution < -0.4 is 11.5 Å². The van der Waals surface area contributed by atoms with Crippen molar-refractivity contribution in [2.24, 2.45) is 41.1 Å². The lowest BCUT2D eigenvalue weighted by Crippen LogP contribution is -2.31. The molecule has 0 aromatic carbocycles. The van der Waals surface area contributed by atoms with E-state index in [9.17, 15) is 0 Å². The maximum atomic E-state index is 6.64. The zero-order valence-corrected chi connectivity index (χ0v) is 21.9. The van der Waals surface area contributed by atoms with Crippen LogP contribution in [0.5, 0.6) is 0 Å². The summed E-state index contributed by atoms with van der Waals surface area (Å²) >= 11 is 0. The van der Waals surface area contributed by atoms with Gasteiger partial charge in [0.2, 0.25) is 0 Å². The van der Waals surface area contributed by atoms with Crippen molar-refractivity contribution in [3.05, 3.63) is 72.4 Å². The summed E-state index contributed by atoms with van der Waals surface area (Å²) in [5, 5.41) is 0. The Bertz CT molecular complexity index is 766. The van der Waals surface area contributed by atoms with Crippen molar-refractivity contribution in [1.82, 2.24) is 0 Å². The molecule has 0 bridgehead atoms. The van der Waals surface area contributed by atoms with Crippen molar-refractivity contribution in [3.63, 3.8) is 0 Å². The van der Waals surface area contributed by atoms with E-state index in [4.69, 9.17) is 11.5 Å². The van der Waals surface area contributed by atoms with E-state index in [0.717, 1.165) is 32.1 Å². The number of hydrogen-bond donors (Lipinski definition) is 2. The van der Waals surface area contributed by atoms with E-state index in [1.54, 1.807) is 0 Å². The number of rotatable bonds is 12. The Morgan fingerprint density at radius 3 is 2.55 bits per heavy atom. The van der Waals surface area contributed by atoms with Crippen molar-refractivity contribution in [2.45, 2.75) is 91.1 Å². The Balaban J connectivity index is 2.07. The molecule has 0 radical (unpaired) electrons. The topological polar surface area (TPSA) is 52.0 Å². The molecular weight excluding hydrogens is 400 g/mol. The minimum atomic E-state index is 0.0946. The SMILES string of the molecule is C=CC1CC=CCC1C(=C)C(=C)C/C(=C/CCC)CCC1CC(C)C(N)C1/C=C(\C)C(C)N. The molecule has 0 aromatic heterocycles. The van der Waals surface area contributed by atoms with Crippen LogP contribution in [0.1, 0.15) is 79.1 Å². The summed E-state index contributed by atoms with van der Waals surface area (Å²) in [6.07, 6.45) is 20.4. The molecule has 4 N–H and O–H groups in total. The average Bonchev–Trinajstić information content (AvgIpc) is 3.07. The molecule has 184 valence electrons. The van der Waals surface area contributed by atoms with Gasteiger partial charge in [-0.1, -0.05) is 75.0 Å². The molecule has 2 aliphatic carbocycles. The second-order valence-corrected chi connectivity index (χ2v) is 10.8. The smallest absolute Gasteiger partial charge is 0.0222 e. The van der Waals surface area contributed by atoms with Gasteiger partial charge in [-0.15, -0.1) is 6.58 Å². The minimum Gasteiger partial charge on any atom is -0.327 e. The first-order valence-electron chi connectivity index (χ1n) is 13.2. The first-order chi connectivity index (χ1) is 15.7. The van der Waals surface area contributed by atoms with E-state index in [1.807, 2.05) is 0 Å². The van der Waals surface area contributed by atoms with Crippen LogP contribution >= 0.6 is 0 Å². The lowest BCUT2D eigenvalue weighted by Gasteiger charge is -2.29. The molecule has 0 aliphatic heterocycles. The molecule has 1 fully saturated rings. The van der Waals surface area contributed by atoms with Gasteiger partial charge in [0.25, 0.3) is 0 Å². The summed E-state index contributed by atoms with van der Waals surface area (Å²) in [5.41, 5.74) is 18.0. The van der Waals surface area contributed by atoms with Crippen LogP contribution in [0.15, 0.2) is 72.4 Å². The van der Waals surface area contributed by atoms with Crippen LogP contribution in [0, 0.1) is 29.6 Å². The number of nitrogens with two attached hydrogens (primary N) is 2. The Labute approximate surface area is 204 Å². The van der Waals surface area contributed by atoms with Gasteiger partial charge in [-0.3, -0.25) is 0 Å². The lowest BCUT2D eigenvalue weighted by molar-refractivity contribution is 0.401. The maximum Gasteiger partial charge on any atom is 0.0222 e. The number of allylic oxidation sites excluding steroid dienone is 7. The molecule has 0 heterocycles. The van der Waals surface area contributed by atoms with Crippen LogP contribution in [-0.4, -0.2) is 12.1 Å². The molecule has 0 spiro atoms. The van der Waals surface area contributed by atoms with Gasteiger partial charge in [0.05, 0.1) is 0 Å². The third kappa shape index (κ3) is 7.69. The van der Waals surface area contributed by atoms with E-state index < -0.39 is 0 Å². The quantitative estimate of drug-likeness (QED) is 0.237. The molecule has 2 aliphatic rings. The van der Waals surface area contributed by atoms with E-state index >= 15 is 0 Å². The molecule has 7 unspecified atom stereocenters. The fraction of sp³-hybridized carbons (Fsp3) is 0.613. The number of unbranched alkanes of at least 4 members (excludes halogenated alkanes) is 1. The molecule has 7 atom stereocenters. The van der Waals surface area contributed by atoms with Gasteiger partial charge < -0.3 is 11.5 Å². The normalized spacial score (nSPS) is 31.5. The second-order valence-electron chi connectivity index (χ2n) is 10.8. The highest BCUT2D eigenvalue weighted by Gasteiger charge is 2.37. The van der Waals surface area contributed by atoms with Gasteiger partial charge in [0.15, 0.2) is 0 Å². The lowest BCUT2D eigenvalue weighted by atomic mass is 9.75. The van der Waals surface area contributed by atoms with Gasteiger partial charge in [-0.25, -0.2) is 0 Å². The van der Waals surface area contributed by atoms with Crippen molar-refractivity contribution >= 4 is 0 Å². The average molecular weight is 451 g/mol. The second kappa shape index (κ2) is 13.3. The summed E-state index contributed by atoms with van der Waals surface area (Å²) < 4.78 is 0. The highest BCUT2D eigenvalue weighted by molar-refractivity contribution is 5.34. The van der Waals surface area contributed by atoms with Gasteiger partial charge >= 0.3 is 0 Å². The molecule has 0 amide bonds. The van der Waals surface area contributed by atoms with Crippen molar-refractivity contribution in [1.29, 1.82) is 0 Å². The van der Waals surface area contributed by atoms with Crippen LogP contribution in [-0.2, 0) is 0 Å². The summed E-state index contributed by atoms with van der Waals surface area (Å²) in [7, 11) is 0. The third-order valence-corrected chi connectivity index (χ3v) is 8.18. The Morgan fingerprint density at radius 2 is 1.91 bits per heavy atom. The monoisotopic (exact) mass is 450 g/mol. The first-order valence-corrected chi connectivity index (χ1v) is 13.2. The van der Waals surface area contributed by atoms with Crippen LogP contribution in [0.25, 0.3) is 0 Å². The fourth-order valence-corrected chi connectivity index (χ4v) is 5.63. The Kier molecular flexibility index (Phi) is 11.1. The van der Waals surface area contributed by atoms with Crippen molar-refractivity contribution in [3.8, 4) is 0 Å². The highest BCUT2D eigenvalue weighted by Crippen LogP contribution is 2.41. The summed E-state index contributed by atoms with van der Waals surface area (Å²) in [4.78, 5) is 0. The van der Waals surface area contributed by atoms with Crippen molar-refractivity contribution < 1.29 is 0 Å². The fourth-order valence-electron chi connectivity index (χ4n) is 5.63. The Morgan fingerprint density at radius 1 is 1.21 bits per heavy atom. The molecule has 2 nitrogen and oxygen atoms in total. The predicted molar refractivity (Wildman–Crippen MR) is 147 cm³/mol. The number of hydrogen-bond acceptors (Lipinski definition) is 2. The van der Waals surface area contributed by atoms with E-state index in [0.29, 0.717) is 29.6 Å². The highest BCUT2D eigenvalue weighted by atomic mass is 14.7. The third-order valence-electron chi connectivity index (χ3n) is 8.18. The van der Waals surface area contributed by atoms with E-state index in [2.05, 4.69) is 77.8 Å². The zero-order chi connectivity index (χ0) is 24.5. The first kappa shape index (κ1) is 27.6. The zero-order valence-electron chi connectivity index (χ0n) is 21.9. The Hall–Kier alpha value is -1.64. The van der Waals surface area contributed by atoms with Gasteiger partial charge in [-0.2, -0.15) is 0 Å². The van der Waals surface area contributed by atoms with E-state index in [-0.39, 0.29) is 12.1 Å². The molecular formula is C31H50N2. The summed E-state index contributed by atoms with van der Waals surface area (Å²) in [6, 6.07) is 0.328. The van der Waals surface area contributed by atoms with Crippen LogP contribution in [0.3, 0.4) is 0 Å². The molecule has 0 aromatic rings. The minimum absolute atomic E-state index is 0.0946. The molecule has 1 saturated carbocycles. The standard InChI is InChI=1S/C31H50N2/c1-8-10-13-26(18-21(3)24(6)29-15-12-11-14-27(29)9-2)16-17-28-19-23(5)31(33)30(28)20-22(4)25(7)32/h9,11-13,20,23,25,27-31H,2-3,6,8,10,14-19,32-33H2,1,4-5,7H3/b22-20+,26-13+. The van der Waals surface area contributed by atoms with Gasteiger partial charge in [-0.05, 0) is 99.5 Å². The molecule has 2 heteroatoms. The molecule has 0 saturated heterocycles. The maximum absolute atomic E-state index is 6.64. The van der Waals surface area contributed by atoms with Gasteiger partial charge in [0.1, 0.15) is 0 Å². The van der Waals surface area contributed by atoms with Crippen molar-refractivity contribution in [2.75, 3.05) is 0 Å². The molecule has 33 heavy (non-hydrogen) atoms. The van der Waals surface area contributed by atoms with Crippen LogP contribution in [0.2, 0.25) is 0 Å². The summed E-state index contributed by atoms with van der Waals surface area (Å²) in [6.45, 7) is 21.8. The largest absolute Gasteiger partial charge is 0.327 e. The van der Waals surface area contributed by atoms with E-state index in [1.165, 1.54) is 41.6 Å². The van der Waals surface area contributed by atoms with Crippen LogP contribution in [0.4, 0.5) is 0 Å².